The van der Waals surface area contributed by atoms with Crippen LogP contribution in [0, 0.1) is 0 Å². The second kappa shape index (κ2) is 3.83. The average Bonchev–Trinajstić information content (AvgIpc) is 2.45. The van der Waals surface area contributed by atoms with Crippen LogP contribution in [0.3, 0.4) is 0 Å². The van der Waals surface area contributed by atoms with E-state index in [0.717, 1.165) is 5.56 Å². The number of hydrazone groups is 1. The van der Waals surface area contributed by atoms with Gasteiger partial charge in [-0.3, -0.25) is 4.79 Å². The Morgan fingerprint density at radius 3 is 2.33 bits per heavy atom. The highest BCUT2D eigenvalue weighted by Crippen LogP contribution is 2.22. The molecule has 0 fully saturated rings. The fourth-order valence-electron chi connectivity index (χ4n) is 1.41. The molecule has 0 bridgehead atoms. The van der Waals surface area contributed by atoms with Crippen molar-refractivity contribution in [2.24, 2.45) is 5.10 Å². The van der Waals surface area contributed by atoms with Gasteiger partial charge in [0.1, 0.15) is 0 Å². The zero-order chi connectivity index (χ0) is 11.0. The monoisotopic (exact) mass is 242 g/mol. The van der Waals surface area contributed by atoms with Crippen LogP contribution in [0.25, 0.3) is 0 Å². The molecule has 0 N–H and O–H groups in total. The number of carbonyl (C=O) groups is 1. The Morgan fingerprint density at radius 2 is 1.87 bits per heavy atom. The van der Waals surface area contributed by atoms with E-state index in [1.54, 1.807) is 25.2 Å². The lowest BCUT2D eigenvalue weighted by atomic mass is 10.1. The first kappa shape index (κ1) is 10.5. The molecule has 0 unspecified atom stereocenters. The lowest BCUT2D eigenvalue weighted by Crippen LogP contribution is -2.14. The summed E-state index contributed by atoms with van der Waals surface area (Å²) in [5.41, 5.74) is 1.50. The van der Waals surface area contributed by atoms with E-state index in [1.807, 2.05) is 0 Å². The normalized spacial score (nSPS) is 15.8. The fraction of sp³-hybridized carbons (Fsp3) is 0.200. The second-order valence-corrected chi connectivity index (χ2v) is 4.17. The minimum Gasteiger partial charge on any atom is -0.273 e. The van der Waals surface area contributed by atoms with E-state index in [9.17, 15) is 4.79 Å². The van der Waals surface area contributed by atoms with E-state index >= 15 is 0 Å². The maximum Gasteiger partial charge on any atom is 0.248 e. The minimum atomic E-state index is -0.0268. The number of nitrogens with zero attached hydrogens (tertiary/aromatic N) is 2. The Kier molecular flexibility index (Phi) is 2.67. The summed E-state index contributed by atoms with van der Waals surface area (Å²) >= 11 is 11.7. The molecule has 15 heavy (non-hydrogen) atoms. The molecule has 0 radical (unpaired) electrons. The van der Waals surface area contributed by atoms with Gasteiger partial charge >= 0.3 is 0 Å². The molecular formula is C10H8Cl2N2O. The number of carbonyl (C=O) groups excluding carboxylic acids is 1. The van der Waals surface area contributed by atoms with Gasteiger partial charge in [-0.1, -0.05) is 23.2 Å². The van der Waals surface area contributed by atoms with Crippen LogP contribution in [0.1, 0.15) is 12.0 Å². The van der Waals surface area contributed by atoms with Gasteiger partial charge in [0.2, 0.25) is 5.91 Å². The number of hydrogen-bond acceptors (Lipinski definition) is 2. The van der Waals surface area contributed by atoms with E-state index in [0.29, 0.717) is 22.2 Å². The largest absolute Gasteiger partial charge is 0.273 e. The summed E-state index contributed by atoms with van der Waals surface area (Å²) in [5.74, 6) is -0.0268. The van der Waals surface area contributed by atoms with Crippen molar-refractivity contribution in [2.75, 3.05) is 7.05 Å². The minimum absolute atomic E-state index is 0.0268. The van der Waals surface area contributed by atoms with Crippen LogP contribution in [-0.4, -0.2) is 23.7 Å². The van der Waals surface area contributed by atoms with Crippen molar-refractivity contribution in [2.45, 2.75) is 6.42 Å². The fourth-order valence-corrected chi connectivity index (χ4v) is 1.94. The van der Waals surface area contributed by atoms with Crippen molar-refractivity contribution in [3.05, 3.63) is 33.8 Å². The van der Waals surface area contributed by atoms with Crippen molar-refractivity contribution in [1.82, 2.24) is 5.01 Å². The molecule has 78 valence electrons. The molecule has 0 aromatic heterocycles. The van der Waals surface area contributed by atoms with Crippen LogP contribution in [0.4, 0.5) is 0 Å². The number of halogens is 2. The van der Waals surface area contributed by atoms with E-state index in [2.05, 4.69) is 5.10 Å². The number of benzene rings is 1. The van der Waals surface area contributed by atoms with Gasteiger partial charge in [0.05, 0.1) is 12.1 Å². The van der Waals surface area contributed by atoms with E-state index in [1.165, 1.54) is 5.01 Å². The first-order chi connectivity index (χ1) is 7.06. The van der Waals surface area contributed by atoms with Crippen LogP contribution in [-0.2, 0) is 4.79 Å². The van der Waals surface area contributed by atoms with Crippen LogP contribution in [0.15, 0.2) is 23.3 Å². The van der Waals surface area contributed by atoms with Crippen LogP contribution in [0.5, 0.6) is 0 Å². The molecule has 1 aliphatic heterocycles. The molecular weight excluding hydrogens is 235 g/mol. The maximum atomic E-state index is 11.3. The third-order valence-electron chi connectivity index (χ3n) is 2.15. The second-order valence-electron chi connectivity index (χ2n) is 3.30. The lowest BCUT2D eigenvalue weighted by Gasteiger charge is -2.01. The van der Waals surface area contributed by atoms with Crippen molar-refractivity contribution >= 4 is 34.8 Å². The number of amides is 1. The quantitative estimate of drug-likeness (QED) is 0.746. The molecule has 0 aliphatic carbocycles. The summed E-state index contributed by atoms with van der Waals surface area (Å²) in [6.07, 6.45) is 0.299. The number of hydrogen-bond donors (Lipinski definition) is 0. The predicted molar refractivity (Wildman–Crippen MR) is 60.4 cm³/mol. The van der Waals surface area contributed by atoms with Gasteiger partial charge in [0.15, 0.2) is 0 Å². The summed E-state index contributed by atoms with van der Waals surface area (Å²) in [5, 5.41) is 6.52. The molecule has 0 saturated heterocycles. The predicted octanol–water partition coefficient (Wildman–Crippen LogP) is 2.56. The van der Waals surface area contributed by atoms with Gasteiger partial charge in [-0.15, -0.1) is 0 Å². The zero-order valence-corrected chi connectivity index (χ0v) is 9.51. The summed E-state index contributed by atoms with van der Waals surface area (Å²) in [6, 6.07) is 5.14. The average molecular weight is 243 g/mol. The number of rotatable bonds is 1. The van der Waals surface area contributed by atoms with E-state index < -0.39 is 0 Å². The van der Waals surface area contributed by atoms with Gasteiger partial charge in [-0.2, -0.15) is 5.10 Å². The summed E-state index contributed by atoms with van der Waals surface area (Å²) in [7, 11) is 1.63. The topological polar surface area (TPSA) is 32.7 Å². The Hall–Kier alpha value is -1.06. The van der Waals surface area contributed by atoms with Gasteiger partial charge in [-0.25, -0.2) is 5.01 Å². The first-order valence-electron chi connectivity index (χ1n) is 4.37. The molecule has 0 spiro atoms. The third kappa shape index (κ3) is 2.13. The Labute approximate surface area is 97.3 Å². The van der Waals surface area contributed by atoms with Gasteiger partial charge in [0, 0.05) is 22.7 Å². The molecule has 1 aromatic rings. The van der Waals surface area contributed by atoms with Gasteiger partial charge in [-0.05, 0) is 18.2 Å². The molecule has 0 saturated carbocycles. The smallest absolute Gasteiger partial charge is 0.248 e. The molecule has 1 heterocycles. The van der Waals surface area contributed by atoms with Crippen molar-refractivity contribution in [3.8, 4) is 0 Å². The third-order valence-corrected chi connectivity index (χ3v) is 2.58. The molecule has 3 nitrogen and oxygen atoms in total. The zero-order valence-electron chi connectivity index (χ0n) is 8.00. The molecule has 0 atom stereocenters. The Bertz CT molecular complexity index is 436. The summed E-state index contributed by atoms with van der Waals surface area (Å²) in [6.45, 7) is 0. The van der Waals surface area contributed by atoms with E-state index in [4.69, 9.17) is 23.2 Å². The SMILES string of the molecule is CN1N=C(c2cc(Cl)cc(Cl)c2)CC1=O. The molecule has 1 amide bonds. The van der Waals surface area contributed by atoms with Crippen molar-refractivity contribution in [1.29, 1.82) is 0 Å². The van der Waals surface area contributed by atoms with Gasteiger partial charge < -0.3 is 0 Å². The Balaban J connectivity index is 2.39. The molecule has 2 rings (SSSR count). The highest BCUT2D eigenvalue weighted by molar-refractivity contribution is 6.35. The lowest BCUT2D eigenvalue weighted by molar-refractivity contribution is -0.127. The standard InChI is InChI=1S/C10H8Cl2N2O/c1-14-10(15)5-9(13-14)6-2-7(11)4-8(12)3-6/h2-4H,5H2,1H3. The molecule has 1 aliphatic rings. The maximum absolute atomic E-state index is 11.3. The summed E-state index contributed by atoms with van der Waals surface area (Å²) in [4.78, 5) is 11.3. The highest BCUT2D eigenvalue weighted by atomic mass is 35.5. The molecule has 5 heteroatoms. The highest BCUT2D eigenvalue weighted by Gasteiger charge is 2.21. The van der Waals surface area contributed by atoms with E-state index in [-0.39, 0.29) is 5.91 Å². The summed E-state index contributed by atoms with van der Waals surface area (Å²) < 4.78 is 0. The van der Waals surface area contributed by atoms with Crippen molar-refractivity contribution in [3.63, 3.8) is 0 Å². The van der Waals surface area contributed by atoms with Crippen LogP contribution >= 0.6 is 23.2 Å². The van der Waals surface area contributed by atoms with Gasteiger partial charge in [0.25, 0.3) is 0 Å². The van der Waals surface area contributed by atoms with Crippen LogP contribution in [0.2, 0.25) is 10.0 Å². The molecule has 1 aromatic carbocycles. The Morgan fingerprint density at radius 1 is 1.27 bits per heavy atom. The van der Waals surface area contributed by atoms with Crippen LogP contribution < -0.4 is 0 Å². The first-order valence-corrected chi connectivity index (χ1v) is 5.12. The van der Waals surface area contributed by atoms with Crippen molar-refractivity contribution < 1.29 is 4.79 Å².